The summed E-state index contributed by atoms with van der Waals surface area (Å²) in [4.78, 5) is 19.2. The Morgan fingerprint density at radius 2 is 2.50 bits per heavy atom. The van der Waals surface area contributed by atoms with Gasteiger partial charge >= 0.3 is 0 Å². The van der Waals surface area contributed by atoms with Crippen molar-refractivity contribution in [1.82, 2.24) is 15.3 Å². The van der Waals surface area contributed by atoms with Gasteiger partial charge in [-0.15, -0.1) is 0 Å². The second kappa shape index (κ2) is 4.04. The third-order valence-electron chi connectivity index (χ3n) is 2.19. The molecule has 2 rings (SSSR count). The number of anilines is 1. The predicted molar refractivity (Wildman–Crippen MR) is 51.7 cm³/mol. The van der Waals surface area contributed by atoms with Crippen LogP contribution < -0.4 is 10.6 Å². The maximum absolute atomic E-state index is 11.4. The van der Waals surface area contributed by atoms with Crippen LogP contribution >= 0.6 is 0 Å². The van der Waals surface area contributed by atoms with Gasteiger partial charge in [0.2, 0.25) is 5.91 Å². The molecule has 2 N–H and O–H groups in total. The molecule has 1 unspecified atom stereocenters. The molecular weight excluding hydrogens is 180 g/mol. The number of carbonyl (C=O) groups is 1. The summed E-state index contributed by atoms with van der Waals surface area (Å²) in [6, 6.07) is 1.60. The molecule has 1 atom stereocenters. The van der Waals surface area contributed by atoms with Gasteiger partial charge in [0, 0.05) is 12.7 Å². The Morgan fingerprint density at radius 1 is 1.57 bits per heavy atom. The van der Waals surface area contributed by atoms with Crippen LogP contribution in [0.2, 0.25) is 0 Å². The number of aromatic nitrogens is 2. The molecule has 5 nitrogen and oxygen atoms in total. The molecule has 1 amide bonds. The van der Waals surface area contributed by atoms with Crippen molar-refractivity contribution in [1.29, 1.82) is 0 Å². The number of nitrogens with one attached hydrogen (secondary N) is 2. The zero-order chi connectivity index (χ0) is 9.80. The van der Waals surface area contributed by atoms with E-state index in [0.717, 1.165) is 19.4 Å². The molecule has 1 aromatic rings. The average molecular weight is 192 g/mol. The second-order valence-corrected chi connectivity index (χ2v) is 3.22. The number of rotatable bonds is 2. The first-order valence-electron chi connectivity index (χ1n) is 4.66. The van der Waals surface area contributed by atoms with E-state index in [1.807, 2.05) is 0 Å². The SMILES string of the molecule is O=C1NCCCC1Nc1ccncn1. The number of piperidine rings is 1. The molecule has 0 spiro atoms. The standard InChI is InChI=1S/C9H12N4O/c14-9-7(2-1-4-11-9)13-8-3-5-10-6-12-8/h3,5-7H,1-2,4H2,(H,11,14)(H,10,12,13). The molecule has 1 aliphatic heterocycles. The largest absolute Gasteiger partial charge is 0.358 e. The summed E-state index contributed by atoms with van der Waals surface area (Å²) in [6.45, 7) is 0.779. The third-order valence-corrected chi connectivity index (χ3v) is 2.19. The second-order valence-electron chi connectivity index (χ2n) is 3.22. The van der Waals surface area contributed by atoms with E-state index >= 15 is 0 Å². The maximum atomic E-state index is 11.4. The lowest BCUT2D eigenvalue weighted by Gasteiger charge is -2.22. The zero-order valence-corrected chi connectivity index (χ0v) is 7.73. The van der Waals surface area contributed by atoms with Crippen LogP contribution in [0.15, 0.2) is 18.6 Å². The number of amides is 1. The highest BCUT2D eigenvalue weighted by Gasteiger charge is 2.21. The first-order valence-corrected chi connectivity index (χ1v) is 4.66. The number of carbonyl (C=O) groups excluding carboxylic acids is 1. The van der Waals surface area contributed by atoms with Crippen LogP contribution in [-0.4, -0.2) is 28.5 Å². The molecule has 0 radical (unpaired) electrons. The van der Waals surface area contributed by atoms with Gasteiger partial charge in [-0.1, -0.05) is 0 Å². The van der Waals surface area contributed by atoms with E-state index in [1.165, 1.54) is 6.33 Å². The van der Waals surface area contributed by atoms with Gasteiger partial charge in [-0.25, -0.2) is 9.97 Å². The zero-order valence-electron chi connectivity index (χ0n) is 7.73. The first-order chi connectivity index (χ1) is 6.86. The van der Waals surface area contributed by atoms with E-state index in [4.69, 9.17) is 0 Å². The highest BCUT2D eigenvalue weighted by Crippen LogP contribution is 2.09. The lowest BCUT2D eigenvalue weighted by atomic mass is 10.1. The fourth-order valence-corrected chi connectivity index (χ4v) is 1.46. The smallest absolute Gasteiger partial charge is 0.242 e. The van der Waals surface area contributed by atoms with Crippen molar-refractivity contribution in [3.05, 3.63) is 18.6 Å². The van der Waals surface area contributed by atoms with Crippen LogP contribution in [0.4, 0.5) is 5.82 Å². The summed E-state index contributed by atoms with van der Waals surface area (Å²) in [6.07, 6.45) is 4.98. The summed E-state index contributed by atoms with van der Waals surface area (Å²) in [5.41, 5.74) is 0. The van der Waals surface area contributed by atoms with Gasteiger partial charge in [0.1, 0.15) is 18.2 Å². The molecule has 14 heavy (non-hydrogen) atoms. The average Bonchev–Trinajstić information content (AvgIpc) is 2.23. The Morgan fingerprint density at radius 3 is 3.21 bits per heavy atom. The van der Waals surface area contributed by atoms with Crippen LogP contribution in [0.3, 0.4) is 0 Å². The summed E-state index contributed by atoms with van der Waals surface area (Å²) < 4.78 is 0. The van der Waals surface area contributed by atoms with E-state index < -0.39 is 0 Å². The van der Waals surface area contributed by atoms with Gasteiger partial charge in [-0.05, 0) is 18.9 Å². The van der Waals surface area contributed by atoms with Gasteiger partial charge < -0.3 is 10.6 Å². The minimum Gasteiger partial charge on any atom is -0.358 e. The van der Waals surface area contributed by atoms with Gasteiger partial charge in [-0.2, -0.15) is 0 Å². The molecular formula is C9H12N4O. The van der Waals surface area contributed by atoms with Gasteiger partial charge in [0.05, 0.1) is 0 Å². The quantitative estimate of drug-likeness (QED) is 0.700. The van der Waals surface area contributed by atoms with Crippen LogP contribution in [0.5, 0.6) is 0 Å². The van der Waals surface area contributed by atoms with Gasteiger partial charge in [-0.3, -0.25) is 4.79 Å². The Hall–Kier alpha value is -1.65. The predicted octanol–water partition coefficient (Wildman–Crippen LogP) is 0.167. The molecule has 5 heteroatoms. The van der Waals surface area contributed by atoms with Crippen LogP contribution in [0.25, 0.3) is 0 Å². The molecule has 0 aliphatic carbocycles. The molecule has 1 fully saturated rings. The van der Waals surface area contributed by atoms with E-state index in [-0.39, 0.29) is 11.9 Å². The first kappa shape index (κ1) is 8.93. The van der Waals surface area contributed by atoms with Gasteiger partial charge in [0.25, 0.3) is 0 Å². The van der Waals surface area contributed by atoms with E-state index in [1.54, 1.807) is 12.3 Å². The minimum absolute atomic E-state index is 0.0508. The van der Waals surface area contributed by atoms with Crippen molar-refractivity contribution in [3.63, 3.8) is 0 Å². The third kappa shape index (κ3) is 1.99. The van der Waals surface area contributed by atoms with Crippen LogP contribution in [-0.2, 0) is 4.79 Å². The van der Waals surface area contributed by atoms with Crippen molar-refractivity contribution in [2.45, 2.75) is 18.9 Å². The van der Waals surface area contributed by atoms with Gasteiger partial charge in [0.15, 0.2) is 0 Å². The van der Waals surface area contributed by atoms with Crippen molar-refractivity contribution < 1.29 is 4.79 Å². The fraction of sp³-hybridized carbons (Fsp3) is 0.444. The molecule has 0 bridgehead atoms. The van der Waals surface area contributed by atoms with E-state index in [0.29, 0.717) is 5.82 Å². The monoisotopic (exact) mass is 192 g/mol. The Labute approximate surface area is 82.0 Å². The molecule has 74 valence electrons. The molecule has 0 saturated carbocycles. The molecule has 1 saturated heterocycles. The topological polar surface area (TPSA) is 66.9 Å². The van der Waals surface area contributed by atoms with Crippen LogP contribution in [0, 0.1) is 0 Å². The molecule has 1 aliphatic rings. The van der Waals surface area contributed by atoms with Crippen molar-refractivity contribution in [2.24, 2.45) is 0 Å². The molecule has 0 aromatic carbocycles. The minimum atomic E-state index is -0.154. The number of nitrogens with zero attached hydrogens (tertiary/aromatic N) is 2. The molecule has 1 aromatic heterocycles. The van der Waals surface area contributed by atoms with E-state index in [2.05, 4.69) is 20.6 Å². The lowest BCUT2D eigenvalue weighted by Crippen LogP contribution is -2.44. The fourth-order valence-electron chi connectivity index (χ4n) is 1.46. The van der Waals surface area contributed by atoms with E-state index in [9.17, 15) is 4.79 Å². The van der Waals surface area contributed by atoms with Crippen molar-refractivity contribution in [2.75, 3.05) is 11.9 Å². The number of hydrogen-bond donors (Lipinski definition) is 2. The lowest BCUT2D eigenvalue weighted by molar-refractivity contribution is -0.123. The number of hydrogen-bond acceptors (Lipinski definition) is 4. The Bertz CT molecular complexity index is 314. The maximum Gasteiger partial charge on any atom is 0.242 e. The highest BCUT2D eigenvalue weighted by atomic mass is 16.2. The summed E-state index contributed by atoms with van der Waals surface area (Å²) in [5.74, 6) is 0.747. The van der Waals surface area contributed by atoms with Crippen molar-refractivity contribution in [3.8, 4) is 0 Å². The highest BCUT2D eigenvalue weighted by molar-refractivity contribution is 5.84. The summed E-state index contributed by atoms with van der Waals surface area (Å²) in [7, 11) is 0. The Kier molecular flexibility index (Phi) is 2.58. The summed E-state index contributed by atoms with van der Waals surface area (Å²) in [5, 5.41) is 5.87. The van der Waals surface area contributed by atoms with Crippen LogP contribution in [0.1, 0.15) is 12.8 Å². The normalized spacial score (nSPS) is 21.4. The van der Waals surface area contributed by atoms with Crippen molar-refractivity contribution >= 4 is 11.7 Å². The summed E-state index contributed by atoms with van der Waals surface area (Å²) >= 11 is 0. The molecule has 2 heterocycles. The Balaban J connectivity index is 2.00.